The molecule has 0 radical (unpaired) electrons. The van der Waals surface area contributed by atoms with E-state index in [0.29, 0.717) is 16.8 Å². The third-order valence-electron chi connectivity index (χ3n) is 4.05. The zero-order chi connectivity index (χ0) is 18.0. The lowest BCUT2D eigenvalue weighted by molar-refractivity contribution is -0.137. The largest absolute Gasteiger partial charge is 0.481 e. The smallest absolute Gasteiger partial charge is 0.417 e. The number of nitrogens with one attached hydrogen (secondary N) is 1. The molecule has 0 unspecified atom stereocenters. The highest BCUT2D eigenvalue weighted by Crippen LogP contribution is 2.34. The lowest BCUT2D eigenvalue weighted by Gasteiger charge is -2.14. The molecule has 1 aliphatic rings. The van der Waals surface area contributed by atoms with Crippen molar-refractivity contribution in [2.45, 2.75) is 25.4 Å². The Balaban J connectivity index is 1.90. The van der Waals surface area contributed by atoms with E-state index in [-0.39, 0.29) is 24.1 Å². The van der Waals surface area contributed by atoms with Gasteiger partial charge < -0.3 is 10.1 Å². The van der Waals surface area contributed by atoms with Gasteiger partial charge in [0.25, 0.3) is 0 Å². The number of aromatic nitrogens is 1. The molecule has 1 fully saturated rings. The van der Waals surface area contributed by atoms with Crippen LogP contribution in [0.3, 0.4) is 0 Å². The highest BCUT2D eigenvalue weighted by molar-refractivity contribution is 5.94. The lowest BCUT2D eigenvalue weighted by Crippen LogP contribution is -2.15. The molecule has 1 saturated carbocycles. The minimum absolute atomic E-state index is 0.0396. The van der Waals surface area contributed by atoms with Gasteiger partial charge in [-0.3, -0.25) is 4.79 Å². The third-order valence-corrected chi connectivity index (χ3v) is 4.05. The summed E-state index contributed by atoms with van der Waals surface area (Å²) in [4.78, 5) is 15.8. The van der Waals surface area contributed by atoms with Gasteiger partial charge in [0.15, 0.2) is 0 Å². The molecule has 132 valence electrons. The normalized spacial score (nSPS) is 14.2. The van der Waals surface area contributed by atoms with E-state index in [2.05, 4.69) is 10.3 Å². The van der Waals surface area contributed by atoms with Gasteiger partial charge >= 0.3 is 6.18 Å². The summed E-state index contributed by atoms with van der Waals surface area (Å²) in [5, 5.41) is 2.85. The Morgan fingerprint density at radius 3 is 2.64 bits per heavy atom. The molecule has 1 heterocycles. The molecule has 1 aliphatic carbocycles. The summed E-state index contributed by atoms with van der Waals surface area (Å²) in [6, 6.07) is 8.08. The topological polar surface area (TPSA) is 51.2 Å². The van der Waals surface area contributed by atoms with Crippen LogP contribution in [-0.4, -0.2) is 18.0 Å². The second kappa shape index (κ2) is 6.74. The molecule has 4 nitrogen and oxygen atoms in total. The summed E-state index contributed by atoms with van der Waals surface area (Å²) in [7, 11) is 1.36. The van der Waals surface area contributed by atoms with E-state index in [9.17, 15) is 18.0 Å². The summed E-state index contributed by atoms with van der Waals surface area (Å²) in [5.74, 6) is 0.121. The molecule has 0 spiro atoms. The first-order valence-corrected chi connectivity index (χ1v) is 7.87. The Bertz CT molecular complexity index is 786. The fourth-order valence-electron chi connectivity index (χ4n) is 2.55. The predicted molar refractivity (Wildman–Crippen MR) is 86.4 cm³/mol. The van der Waals surface area contributed by atoms with Gasteiger partial charge in [-0.15, -0.1) is 0 Å². The first-order valence-electron chi connectivity index (χ1n) is 7.87. The maximum absolute atomic E-state index is 13.0. The monoisotopic (exact) mass is 350 g/mol. The maximum atomic E-state index is 13.0. The van der Waals surface area contributed by atoms with Gasteiger partial charge in [0.05, 0.1) is 12.7 Å². The van der Waals surface area contributed by atoms with Gasteiger partial charge in [0, 0.05) is 29.8 Å². The lowest BCUT2D eigenvalue weighted by atomic mass is 10.0. The molecule has 1 amide bonds. The number of methoxy groups -OCH3 is 1. The Labute approximate surface area is 143 Å². The average Bonchev–Trinajstić information content (AvgIpc) is 3.40. The zero-order valence-corrected chi connectivity index (χ0v) is 13.6. The van der Waals surface area contributed by atoms with Crippen LogP contribution in [0.25, 0.3) is 0 Å². The van der Waals surface area contributed by atoms with Crippen molar-refractivity contribution >= 4 is 11.6 Å². The molecule has 0 atom stereocenters. The number of anilines is 1. The molecule has 7 heteroatoms. The van der Waals surface area contributed by atoms with Crippen LogP contribution >= 0.6 is 0 Å². The Hall–Kier alpha value is -2.57. The van der Waals surface area contributed by atoms with Crippen LogP contribution in [0.2, 0.25) is 0 Å². The summed E-state index contributed by atoms with van der Waals surface area (Å²) >= 11 is 0. The van der Waals surface area contributed by atoms with Crippen LogP contribution < -0.4 is 10.1 Å². The van der Waals surface area contributed by atoms with Crippen molar-refractivity contribution in [3.05, 3.63) is 53.2 Å². The van der Waals surface area contributed by atoms with Gasteiger partial charge in [-0.05, 0) is 30.5 Å². The molecule has 3 rings (SSSR count). The van der Waals surface area contributed by atoms with Crippen LogP contribution in [0.1, 0.15) is 29.5 Å². The van der Waals surface area contributed by atoms with Crippen molar-refractivity contribution in [1.29, 1.82) is 0 Å². The number of halogens is 3. The minimum Gasteiger partial charge on any atom is -0.481 e. The molecule has 1 aromatic carbocycles. The second-order valence-corrected chi connectivity index (χ2v) is 5.99. The number of hydrogen-bond acceptors (Lipinski definition) is 3. The number of ether oxygens (including phenoxy) is 1. The number of carbonyl (C=O) groups is 1. The summed E-state index contributed by atoms with van der Waals surface area (Å²) in [6.45, 7) is 0. The molecule has 0 aliphatic heterocycles. The number of rotatable bonds is 5. The Morgan fingerprint density at radius 1 is 1.28 bits per heavy atom. The SMILES string of the molecule is COc1ncc(C(F)(F)F)cc1Cc1ccccc1NC(=O)C1CC1. The number of hydrogen-bond donors (Lipinski definition) is 1. The number of pyridine rings is 1. The fourth-order valence-corrected chi connectivity index (χ4v) is 2.55. The molecular formula is C18H17F3N2O2. The van der Waals surface area contributed by atoms with Crippen LogP contribution in [0.4, 0.5) is 18.9 Å². The van der Waals surface area contributed by atoms with E-state index >= 15 is 0 Å². The van der Waals surface area contributed by atoms with Crippen molar-refractivity contribution in [3.8, 4) is 5.88 Å². The molecule has 0 saturated heterocycles. The Morgan fingerprint density at radius 2 is 2.00 bits per heavy atom. The van der Waals surface area contributed by atoms with Crippen LogP contribution in [0, 0.1) is 5.92 Å². The first-order chi connectivity index (χ1) is 11.9. The quantitative estimate of drug-likeness (QED) is 0.885. The van der Waals surface area contributed by atoms with E-state index < -0.39 is 11.7 Å². The standard InChI is InChI=1S/C18H17F3N2O2/c1-25-17-13(9-14(10-22-17)18(19,20)21)8-12-4-2-3-5-15(12)23-16(24)11-6-7-11/h2-5,9-11H,6-8H2,1H3,(H,23,24). The maximum Gasteiger partial charge on any atom is 0.417 e. The molecule has 1 N–H and O–H groups in total. The molecule has 1 aromatic heterocycles. The Kier molecular flexibility index (Phi) is 4.65. The van der Waals surface area contributed by atoms with Crippen molar-refractivity contribution in [3.63, 3.8) is 0 Å². The van der Waals surface area contributed by atoms with Gasteiger partial charge in [-0.1, -0.05) is 18.2 Å². The highest BCUT2D eigenvalue weighted by Gasteiger charge is 2.32. The van der Waals surface area contributed by atoms with E-state index in [1.807, 2.05) is 0 Å². The molecule has 0 bridgehead atoms. The summed E-state index contributed by atoms with van der Waals surface area (Å²) < 4.78 is 43.9. The van der Waals surface area contributed by atoms with E-state index in [1.54, 1.807) is 24.3 Å². The number of carbonyl (C=O) groups excluding carboxylic acids is 1. The summed E-state index contributed by atoms with van der Waals surface area (Å²) in [6.07, 6.45) is -1.81. The first kappa shape index (κ1) is 17.3. The minimum atomic E-state index is -4.48. The number of alkyl halides is 3. The number of benzene rings is 1. The van der Waals surface area contributed by atoms with Crippen LogP contribution in [0.15, 0.2) is 36.5 Å². The average molecular weight is 350 g/mol. The summed E-state index contributed by atoms with van der Waals surface area (Å²) in [5.41, 5.74) is 0.781. The highest BCUT2D eigenvalue weighted by atomic mass is 19.4. The fraction of sp³-hybridized carbons (Fsp3) is 0.333. The second-order valence-electron chi connectivity index (χ2n) is 5.99. The predicted octanol–water partition coefficient (Wildman–Crippen LogP) is 4.05. The van der Waals surface area contributed by atoms with Crippen LogP contribution in [-0.2, 0) is 17.4 Å². The molecule has 2 aromatic rings. The van der Waals surface area contributed by atoms with Gasteiger partial charge in [-0.2, -0.15) is 13.2 Å². The number of amides is 1. The van der Waals surface area contributed by atoms with E-state index in [0.717, 1.165) is 25.1 Å². The number of para-hydroxylation sites is 1. The third kappa shape index (κ3) is 4.10. The number of nitrogens with zero attached hydrogens (tertiary/aromatic N) is 1. The van der Waals surface area contributed by atoms with Crippen molar-refractivity contribution in [2.24, 2.45) is 5.92 Å². The van der Waals surface area contributed by atoms with E-state index in [4.69, 9.17) is 4.74 Å². The van der Waals surface area contributed by atoms with Gasteiger partial charge in [0.2, 0.25) is 11.8 Å². The molecule has 25 heavy (non-hydrogen) atoms. The van der Waals surface area contributed by atoms with Gasteiger partial charge in [0.1, 0.15) is 0 Å². The zero-order valence-electron chi connectivity index (χ0n) is 13.6. The van der Waals surface area contributed by atoms with Crippen LogP contribution in [0.5, 0.6) is 5.88 Å². The van der Waals surface area contributed by atoms with Crippen molar-refractivity contribution in [2.75, 3.05) is 12.4 Å². The molecular weight excluding hydrogens is 333 g/mol. The van der Waals surface area contributed by atoms with Crippen molar-refractivity contribution in [1.82, 2.24) is 4.98 Å². The van der Waals surface area contributed by atoms with Gasteiger partial charge in [-0.25, -0.2) is 4.98 Å². The van der Waals surface area contributed by atoms with E-state index in [1.165, 1.54) is 7.11 Å². The van der Waals surface area contributed by atoms with Crippen molar-refractivity contribution < 1.29 is 22.7 Å².